The molecular weight excluding hydrogens is 258 g/mol. The van der Waals surface area contributed by atoms with Crippen LogP contribution in [0.1, 0.15) is 33.0 Å². The van der Waals surface area contributed by atoms with Crippen LogP contribution in [0.5, 0.6) is 5.75 Å². The number of rotatable bonds is 4. The summed E-state index contributed by atoms with van der Waals surface area (Å²) in [6.45, 7) is 2.69. The van der Waals surface area contributed by atoms with Crippen LogP contribution in [0.3, 0.4) is 0 Å². The lowest BCUT2D eigenvalue weighted by atomic mass is 10.0. The molecule has 1 aliphatic heterocycles. The maximum Gasteiger partial charge on any atom is 0.182 e. The summed E-state index contributed by atoms with van der Waals surface area (Å²) in [6, 6.07) is 6.21. The lowest BCUT2D eigenvalue weighted by molar-refractivity contribution is 0.0978. The summed E-state index contributed by atoms with van der Waals surface area (Å²) >= 11 is 1.52. The Morgan fingerprint density at radius 2 is 2.37 bits per heavy atom. The molecule has 2 aromatic rings. The highest BCUT2D eigenvalue weighted by Crippen LogP contribution is 2.26. The number of carbonyl (C=O) groups is 1. The number of aryl methyl sites for hydroxylation is 2. The van der Waals surface area contributed by atoms with Crippen molar-refractivity contribution < 1.29 is 9.53 Å². The molecule has 0 saturated carbocycles. The topological polar surface area (TPSA) is 39.2 Å². The van der Waals surface area contributed by atoms with Gasteiger partial charge in [0.2, 0.25) is 0 Å². The van der Waals surface area contributed by atoms with E-state index in [4.69, 9.17) is 4.74 Å². The molecule has 1 aromatic heterocycles. The minimum absolute atomic E-state index is 0.126. The predicted molar refractivity (Wildman–Crippen MR) is 75.1 cm³/mol. The van der Waals surface area contributed by atoms with Crippen LogP contribution < -0.4 is 4.74 Å². The van der Waals surface area contributed by atoms with Gasteiger partial charge in [-0.3, -0.25) is 4.79 Å². The average Bonchev–Trinajstić information content (AvgIpc) is 3.03. The number of fused-ring (bicyclic) bond motifs is 1. The molecule has 0 N–H and O–H groups in total. The fraction of sp³-hybridized carbons (Fsp3) is 0.333. The molecule has 0 aliphatic carbocycles. The fourth-order valence-electron chi connectivity index (χ4n) is 2.27. The number of benzene rings is 1. The van der Waals surface area contributed by atoms with Gasteiger partial charge in [0.15, 0.2) is 5.78 Å². The Hall–Kier alpha value is -1.68. The second-order valence-electron chi connectivity index (χ2n) is 4.72. The largest absolute Gasteiger partial charge is 0.493 e. The quantitative estimate of drug-likeness (QED) is 0.803. The van der Waals surface area contributed by atoms with E-state index >= 15 is 0 Å². The summed E-state index contributed by atoms with van der Waals surface area (Å²) in [5.41, 5.74) is 3.06. The molecule has 3 rings (SSSR count). The van der Waals surface area contributed by atoms with Crippen molar-refractivity contribution in [2.75, 3.05) is 6.61 Å². The van der Waals surface area contributed by atoms with Gasteiger partial charge in [-0.25, -0.2) is 4.98 Å². The number of ether oxygens (including phenoxy) is 1. The number of thiazole rings is 1. The van der Waals surface area contributed by atoms with Crippen molar-refractivity contribution in [2.24, 2.45) is 0 Å². The fourth-order valence-corrected chi connectivity index (χ4v) is 2.89. The maximum atomic E-state index is 12.0. The van der Waals surface area contributed by atoms with Crippen LogP contribution in [0.4, 0.5) is 0 Å². The molecular formula is C15H15NO2S. The Morgan fingerprint density at radius 1 is 1.47 bits per heavy atom. The van der Waals surface area contributed by atoms with Gasteiger partial charge in [0.25, 0.3) is 0 Å². The van der Waals surface area contributed by atoms with Crippen LogP contribution in [-0.2, 0) is 12.8 Å². The molecule has 0 radical (unpaired) electrons. The molecule has 19 heavy (non-hydrogen) atoms. The Labute approximate surface area is 116 Å². The van der Waals surface area contributed by atoms with E-state index in [-0.39, 0.29) is 5.78 Å². The van der Waals surface area contributed by atoms with Crippen LogP contribution in [0.2, 0.25) is 0 Å². The molecule has 0 bridgehead atoms. The number of Topliss-reactive ketones (excluding diaryl/α,β-unsaturated/α-hetero) is 1. The van der Waals surface area contributed by atoms with Gasteiger partial charge in [0.1, 0.15) is 11.4 Å². The highest BCUT2D eigenvalue weighted by molar-refractivity contribution is 7.09. The molecule has 0 fully saturated rings. The predicted octanol–water partition coefficient (Wildman–Crippen LogP) is 3.20. The van der Waals surface area contributed by atoms with Gasteiger partial charge in [-0.2, -0.15) is 0 Å². The van der Waals surface area contributed by atoms with Crippen molar-refractivity contribution in [1.82, 2.24) is 4.98 Å². The van der Waals surface area contributed by atoms with Gasteiger partial charge in [-0.15, -0.1) is 11.3 Å². The number of hydrogen-bond donors (Lipinski definition) is 0. The van der Waals surface area contributed by atoms with Crippen LogP contribution >= 0.6 is 11.3 Å². The van der Waals surface area contributed by atoms with E-state index in [1.54, 1.807) is 0 Å². The Balaban J connectivity index is 1.64. The number of hydrogen-bond acceptors (Lipinski definition) is 4. The Morgan fingerprint density at radius 3 is 3.16 bits per heavy atom. The van der Waals surface area contributed by atoms with E-state index in [0.29, 0.717) is 12.1 Å². The van der Waals surface area contributed by atoms with Gasteiger partial charge >= 0.3 is 0 Å². The molecule has 1 aromatic carbocycles. The first kappa shape index (κ1) is 12.4. The molecule has 4 heteroatoms. The second kappa shape index (κ2) is 5.13. The lowest BCUT2D eigenvalue weighted by Crippen LogP contribution is -2.02. The standard InChI is InChI=1S/C15H15NO2S/c1-10-16-13(9-19-10)14(17)4-2-11-3-5-15-12(8-11)6-7-18-15/h3,5,8-9H,2,4,6-7H2,1H3. The zero-order chi connectivity index (χ0) is 13.2. The maximum absolute atomic E-state index is 12.0. The van der Waals surface area contributed by atoms with Crippen molar-refractivity contribution in [3.8, 4) is 5.75 Å². The molecule has 0 amide bonds. The zero-order valence-electron chi connectivity index (χ0n) is 10.8. The van der Waals surface area contributed by atoms with Crippen molar-refractivity contribution in [3.05, 3.63) is 45.4 Å². The van der Waals surface area contributed by atoms with Crippen molar-refractivity contribution in [3.63, 3.8) is 0 Å². The molecule has 3 nitrogen and oxygen atoms in total. The first-order chi connectivity index (χ1) is 9.22. The van der Waals surface area contributed by atoms with Crippen molar-refractivity contribution >= 4 is 17.1 Å². The number of aromatic nitrogens is 1. The van der Waals surface area contributed by atoms with Crippen LogP contribution in [0.15, 0.2) is 23.6 Å². The Bertz CT molecular complexity index is 618. The smallest absolute Gasteiger partial charge is 0.182 e. The first-order valence-corrected chi connectivity index (χ1v) is 7.30. The summed E-state index contributed by atoms with van der Waals surface area (Å²) in [5.74, 6) is 1.12. The number of ketones is 1. The normalized spacial score (nSPS) is 13.1. The van der Waals surface area contributed by atoms with Crippen molar-refractivity contribution in [1.29, 1.82) is 0 Å². The van der Waals surface area contributed by atoms with E-state index in [1.165, 1.54) is 22.5 Å². The second-order valence-corrected chi connectivity index (χ2v) is 5.78. The van der Waals surface area contributed by atoms with E-state index in [9.17, 15) is 4.79 Å². The SMILES string of the molecule is Cc1nc(C(=O)CCc2ccc3c(c2)CCO3)cs1. The van der Waals surface area contributed by atoms with E-state index in [2.05, 4.69) is 11.1 Å². The summed E-state index contributed by atoms with van der Waals surface area (Å²) < 4.78 is 5.48. The summed E-state index contributed by atoms with van der Waals surface area (Å²) in [4.78, 5) is 16.2. The summed E-state index contributed by atoms with van der Waals surface area (Å²) in [6.07, 6.45) is 2.26. The molecule has 98 valence electrons. The Kier molecular flexibility index (Phi) is 3.34. The molecule has 2 heterocycles. The van der Waals surface area contributed by atoms with Crippen molar-refractivity contribution in [2.45, 2.75) is 26.2 Å². The molecule has 0 unspecified atom stereocenters. The molecule has 0 saturated heterocycles. The van der Waals surface area contributed by atoms with Gasteiger partial charge in [-0.1, -0.05) is 12.1 Å². The number of nitrogens with zero attached hydrogens (tertiary/aromatic N) is 1. The minimum Gasteiger partial charge on any atom is -0.493 e. The van der Waals surface area contributed by atoms with E-state index in [0.717, 1.165) is 30.2 Å². The molecule has 0 atom stereocenters. The highest BCUT2D eigenvalue weighted by Gasteiger charge is 2.13. The van der Waals surface area contributed by atoms with Gasteiger partial charge in [-0.05, 0) is 30.5 Å². The monoisotopic (exact) mass is 273 g/mol. The van der Waals surface area contributed by atoms with Crippen LogP contribution in [0, 0.1) is 6.92 Å². The highest BCUT2D eigenvalue weighted by atomic mass is 32.1. The molecule has 0 spiro atoms. The third-order valence-electron chi connectivity index (χ3n) is 3.30. The molecule has 1 aliphatic rings. The minimum atomic E-state index is 0.126. The van der Waals surface area contributed by atoms with E-state index < -0.39 is 0 Å². The van der Waals surface area contributed by atoms with E-state index in [1.807, 2.05) is 24.4 Å². The van der Waals surface area contributed by atoms with Gasteiger partial charge < -0.3 is 4.74 Å². The zero-order valence-corrected chi connectivity index (χ0v) is 11.6. The lowest BCUT2D eigenvalue weighted by Gasteiger charge is -2.03. The first-order valence-electron chi connectivity index (χ1n) is 6.42. The van der Waals surface area contributed by atoms with Gasteiger partial charge in [0, 0.05) is 18.2 Å². The summed E-state index contributed by atoms with van der Waals surface area (Å²) in [7, 11) is 0. The average molecular weight is 273 g/mol. The summed E-state index contributed by atoms with van der Waals surface area (Å²) in [5, 5.41) is 2.78. The van der Waals surface area contributed by atoms with Crippen LogP contribution in [-0.4, -0.2) is 17.4 Å². The van der Waals surface area contributed by atoms with Gasteiger partial charge in [0.05, 0.1) is 11.6 Å². The number of carbonyl (C=O) groups excluding carboxylic acids is 1. The van der Waals surface area contributed by atoms with Crippen LogP contribution in [0.25, 0.3) is 0 Å². The third kappa shape index (κ3) is 2.68. The third-order valence-corrected chi connectivity index (χ3v) is 4.07.